The number of aromatic hydroxyl groups is 4. The van der Waals surface area contributed by atoms with Crippen LogP contribution in [0.2, 0.25) is 0 Å². The van der Waals surface area contributed by atoms with Gasteiger partial charge in [0.1, 0.15) is 0 Å². The molecule has 2 unspecified atom stereocenters. The molecule has 0 bridgehead atoms. The van der Waals surface area contributed by atoms with Crippen molar-refractivity contribution in [3.05, 3.63) is 46.5 Å². The summed E-state index contributed by atoms with van der Waals surface area (Å²) in [6, 6.07) is 4.57. The van der Waals surface area contributed by atoms with E-state index in [2.05, 4.69) is 0 Å². The number of hydrogen-bond donors (Lipinski definition) is 6. The van der Waals surface area contributed by atoms with Crippen molar-refractivity contribution < 1.29 is 35.4 Å². The van der Waals surface area contributed by atoms with Crippen LogP contribution in [0.5, 0.6) is 23.0 Å². The molecule has 0 radical (unpaired) electrons. The van der Waals surface area contributed by atoms with Gasteiger partial charge >= 0.3 is 0 Å². The maximum Gasteiger partial charge on any atom is 0.193 e. The summed E-state index contributed by atoms with van der Waals surface area (Å²) in [6.07, 6.45) is -1.47. The van der Waals surface area contributed by atoms with Crippen LogP contribution in [-0.4, -0.2) is 48.6 Å². The number of rotatable bonds is 6. The molecule has 0 fully saturated rings. The first-order chi connectivity index (χ1) is 12.1. The van der Waals surface area contributed by atoms with Gasteiger partial charge in [-0.25, -0.2) is 0 Å². The third kappa shape index (κ3) is 4.25. The van der Waals surface area contributed by atoms with E-state index in [1.54, 1.807) is 0 Å². The van der Waals surface area contributed by atoms with Crippen molar-refractivity contribution in [2.45, 2.75) is 38.9 Å². The first kappa shape index (κ1) is 19.6. The summed E-state index contributed by atoms with van der Waals surface area (Å²) in [7, 11) is 0. The predicted octanol–water partition coefficient (Wildman–Crippen LogP) is 1.59. The van der Waals surface area contributed by atoms with Gasteiger partial charge in [-0.3, -0.25) is 4.79 Å². The third-order valence-corrected chi connectivity index (χ3v) is 3.92. The lowest BCUT2D eigenvalue weighted by molar-refractivity contribution is 0.103. The van der Waals surface area contributed by atoms with E-state index < -0.39 is 41.0 Å². The Bertz CT molecular complexity index is 758. The molecule has 2 aromatic rings. The summed E-state index contributed by atoms with van der Waals surface area (Å²) < 4.78 is 0. The van der Waals surface area contributed by atoms with E-state index in [0.717, 1.165) is 12.1 Å². The van der Waals surface area contributed by atoms with Gasteiger partial charge in [-0.2, -0.15) is 0 Å². The molecular weight excluding hydrogens is 340 g/mol. The SMILES string of the molecule is CC(O)Cc1cc(O)c(O)cc1C(=O)c1cc(O)c(O)cc1CC(C)O. The Balaban J connectivity index is 2.62. The fraction of sp³-hybridized carbons (Fsp3) is 0.316. The van der Waals surface area contributed by atoms with Crippen LogP contribution in [0.3, 0.4) is 0 Å². The Morgan fingerprint density at radius 1 is 0.731 bits per heavy atom. The lowest BCUT2D eigenvalue weighted by atomic mass is 9.90. The standard InChI is InChI=1S/C19H22O7/c1-9(20)3-11-5-15(22)17(24)7-13(11)19(26)14-8-18(25)16(23)6-12(14)4-10(2)21/h5-10,20-25H,3-4H2,1-2H3. The van der Waals surface area contributed by atoms with Gasteiger partial charge in [-0.1, -0.05) is 0 Å². The van der Waals surface area contributed by atoms with E-state index in [9.17, 15) is 35.4 Å². The number of phenolic OH excluding ortho intramolecular Hbond substituents is 4. The fourth-order valence-corrected chi connectivity index (χ4v) is 2.78. The number of carbonyl (C=O) groups is 1. The van der Waals surface area contributed by atoms with Crippen LogP contribution in [-0.2, 0) is 12.8 Å². The minimum Gasteiger partial charge on any atom is -0.504 e. The molecule has 0 heterocycles. The molecule has 0 aliphatic rings. The summed E-state index contributed by atoms with van der Waals surface area (Å²) in [5, 5.41) is 58.2. The monoisotopic (exact) mass is 362 g/mol. The van der Waals surface area contributed by atoms with Gasteiger partial charge in [-0.05, 0) is 62.1 Å². The highest BCUT2D eigenvalue weighted by Crippen LogP contribution is 2.34. The zero-order valence-corrected chi connectivity index (χ0v) is 14.5. The van der Waals surface area contributed by atoms with E-state index in [-0.39, 0.29) is 24.0 Å². The number of phenols is 4. The van der Waals surface area contributed by atoms with E-state index in [1.807, 2.05) is 0 Å². The van der Waals surface area contributed by atoms with Gasteiger partial charge in [0.15, 0.2) is 28.8 Å². The summed E-state index contributed by atoms with van der Waals surface area (Å²) in [5.74, 6) is -2.42. The van der Waals surface area contributed by atoms with E-state index >= 15 is 0 Å². The zero-order chi connectivity index (χ0) is 19.6. The van der Waals surface area contributed by atoms with Crippen LogP contribution in [0.4, 0.5) is 0 Å². The average Bonchev–Trinajstić information content (AvgIpc) is 2.52. The van der Waals surface area contributed by atoms with Crippen molar-refractivity contribution in [3.63, 3.8) is 0 Å². The second kappa shape index (κ2) is 7.63. The Morgan fingerprint density at radius 3 is 1.35 bits per heavy atom. The average molecular weight is 362 g/mol. The molecule has 0 aromatic heterocycles. The fourth-order valence-electron chi connectivity index (χ4n) is 2.78. The molecule has 2 atom stereocenters. The molecule has 0 amide bonds. The lowest BCUT2D eigenvalue weighted by Gasteiger charge is -2.16. The number of carbonyl (C=O) groups excluding carboxylic acids is 1. The molecule has 6 N–H and O–H groups in total. The third-order valence-electron chi connectivity index (χ3n) is 3.92. The molecule has 2 rings (SSSR count). The number of aliphatic hydroxyl groups is 2. The summed E-state index contributed by atoms with van der Waals surface area (Å²) >= 11 is 0. The Labute approximate surface area is 150 Å². The van der Waals surface area contributed by atoms with Crippen molar-refractivity contribution in [2.75, 3.05) is 0 Å². The van der Waals surface area contributed by atoms with Crippen molar-refractivity contribution >= 4 is 5.78 Å². The van der Waals surface area contributed by atoms with Gasteiger partial charge in [0.25, 0.3) is 0 Å². The van der Waals surface area contributed by atoms with Crippen LogP contribution in [0.1, 0.15) is 40.9 Å². The van der Waals surface area contributed by atoms with Gasteiger partial charge in [-0.15, -0.1) is 0 Å². The summed E-state index contributed by atoms with van der Waals surface area (Å²) in [6.45, 7) is 3.03. The molecule has 2 aromatic carbocycles. The smallest absolute Gasteiger partial charge is 0.193 e. The van der Waals surface area contributed by atoms with Gasteiger partial charge in [0, 0.05) is 11.1 Å². The van der Waals surface area contributed by atoms with E-state index in [4.69, 9.17) is 0 Å². The topological polar surface area (TPSA) is 138 Å². The maximum absolute atomic E-state index is 13.0. The minimum absolute atomic E-state index is 0.0399. The van der Waals surface area contributed by atoms with Crippen LogP contribution in [0.15, 0.2) is 24.3 Å². The van der Waals surface area contributed by atoms with Crippen LogP contribution in [0.25, 0.3) is 0 Å². The quantitative estimate of drug-likeness (QED) is 0.339. The van der Waals surface area contributed by atoms with Crippen LogP contribution >= 0.6 is 0 Å². The highest BCUT2D eigenvalue weighted by Gasteiger charge is 2.22. The Kier molecular flexibility index (Phi) is 5.74. The lowest BCUT2D eigenvalue weighted by Crippen LogP contribution is -2.14. The van der Waals surface area contributed by atoms with E-state index in [1.165, 1.54) is 26.0 Å². The molecule has 0 aliphatic heterocycles. The molecule has 0 saturated heterocycles. The van der Waals surface area contributed by atoms with Crippen molar-refractivity contribution in [1.29, 1.82) is 0 Å². The van der Waals surface area contributed by atoms with Gasteiger partial charge in [0.05, 0.1) is 12.2 Å². The first-order valence-electron chi connectivity index (χ1n) is 8.10. The summed E-state index contributed by atoms with van der Waals surface area (Å²) in [4.78, 5) is 13.0. The van der Waals surface area contributed by atoms with Crippen LogP contribution in [0, 0.1) is 0 Å². The second-order valence-corrected chi connectivity index (χ2v) is 6.43. The summed E-state index contributed by atoms with van der Waals surface area (Å²) in [5.41, 5.74) is 0.711. The highest BCUT2D eigenvalue weighted by molar-refractivity contribution is 6.11. The molecule has 0 saturated carbocycles. The second-order valence-electron chi connectivity index (χ2n) is 6.43. The molecule has 0 spiro atoms. The largest absolute Gasteiger partial charge is 0.504 e. The maximum atomic E-state index is 13.0. The number of ketones is 1. The first-order valence-corrected chi connectivity index (χ1v) is 8.10. The number of hydrogen-bond acceptors (Lipinski definition) is 7. The normalized spacial score (nSPS) is 13.4. The van der Waals surface area contributed by atoms with E-state index in [0.29, 0.717) is 11.1 Å². The van der Waals surface area contributed by atoms with Crippen molar-refractivity contribution in [3.8, 4) is 23.0 Å². The van der Waals surface area contributed by atoms with Gasteiger partial charge < -0.3 is 30.6 Å². The van der Waals surface area contributed by atoms with Crippen molar-refractivity contribution in [1.82, 2.24) is 0 Å². The van der Waals surface area contributed by atoms with Crippen LogP contribution < -0.4 is 0 Å². The van der Waals surface area contributed by atoms with Gasteiger partial charge in [0.2, 0.25) is 0 Å². The minimum atomic E-state index is -0.796. The molecule has 7 heteroatoms. The molecule has 7 nitrogen and oxygen atoms in total. The molecule has 0 aliphatic carbocycles. The highest BCUT2D eigenvalue weighted by atomic mass is 16.3. The molecule has 140 valence electrons. The zero-order valence-electron chi connectivity index (χ0n) is 14.5. The Morgan fingerprint density at radius 2 is 1.04 bits per heavy atom. The number of aliphatic hydroxyl groups excluding tert-OH is 2. The predicted molar refractivity (Wildman–Crippen MR) is 93.7 cm³/mol. The van der Waals surface area contributed by atoms with Crippen molar-refractivity contribution in [2.24, 2.45) is 0 Å². The Hall–Kier alpha value is -2.77. The molecular formula is C19H22O7. The number of benzene rings is 2. The molecule has 26 heavy (non-hydrogen) atoms.